The van der Waals surface area contributed by atoms with E-state index in [9.17, 15) is 0 Å². The molecular formula is C14H18BrN3O. The third kappa shape index (κ3) is 3.07. The first-order valence-corrected chi connectivity index (χ1v) is 7.22. The predicted molar refractivity (Wildman–Crippen MR) is 78.1 cm³/mol. The number of pyridine rings is 1. The first kappa shape index (κ1) is 14.3. The van der Waals surface area contributed by atoms with Crippen LogP contribution in [0.4, 0.5) is 5.69 Å². The normalized spacial score (nSPS) is 16.1. The summed E-state index contributed by atoms with van der Waals surface area (Å²) in [6.07, 6.45) is 4.55. The van der Waals surface area contributed by atoms with Gasteiger partial charge in [0.25, 0.3) is 0 Å². The number of aromatic nitrogens is 1. The average molecular weight is 324 g/mol. The van der Waals surface area contributed by atoms with Gasteiger partial charge in [0.15, 0.2) is 0 Å². The van der Waals surface area contributed by atoms with Gasteiger partial charge >= 0.3 is 0 Å². The number of anilines is 1. The Kier molecular flexibility index (Phi) is 4.12. The van der Waals surface area contributed by atoms with Crippen molar-refractivity contribution in [2.45, 2.75) is 38.9 Å². The van der Waals surface area contributed by atoms with E-state index in [2.05, 4.69) is 52.7 Å². The first-order chi connectivity index (χ1) is 8.96. The fourth-order valence-corrected chi connectivity index (χ4v) is 2.64. The summed E-state index contributed by atoms with van der Waals surface area (Å²) in [5.41, 5.74) is 1.44. The molecule has 0 saturated carbocycles. The molecule has 0 atom stereocenters. The minimum Gasteiger partial charge on any atom is -0.369 e. The minimum absolute atomic E-state index is 0.0791. The molecule has 1 aliphatic heterocycles. The summed E-state index contributed by atoms with van der Waals surface area (Å²) in [6, 6.07) is 2.18. The van der Waals surface area contributed by atoms with Crippen molar-refractivity contribution >= 4 is 21.6 Å². The van der Waals surface area contributed by atoms with Crippen LogP contribution in [0.5, 0.6) is 0 Å². The molecule has 1 saturated heterocycles. The van der Waals surface area contributed by atoms with Crippen molar-refractivity contribution in [2.24, 2.45) is 0 Å². The fourth-order valence-electron chi connectivity index (χ4n) is 2.06. The molecule has 19 heavy (non-hydrogen) atoms. The molecule has 0 spiro atoms. The number of hydrogen-bond donors (Lipinski definition) is 0. The Bertz CT molecular complexity index is 504. The molecule has 0 N–H and O–H groups in total. The number of halogens is 1. The van der Waals surface area contributed by atoms with Gasteiger partial charge in [-0.25, -0.2) is 0 Å². The maximum absolute atomic E-state index is 9.13. The van der Waals surface area contributed by atoms with Gasteiger partial charge in [0.05, 0.1) is 27.4 Å². The molecule has 0 aliphatic carbocycles. The summed E-state index contributed by atoms with van der Waals surface area (Å²) in [5, 5.41) is 9.13. The standard InChI is InChI=1S/C14H18BrN3O/c1-4-14(2,3)19-11-8-18(9-11)13-10(5-16)6-17-7-12(13)15/h6-7,11H,4,8-9H2,1-3H3. The average Bonchev–Trinajstić information content (AvgIpc) is 2.34. The highest BCUT2D eigenvalue weighted by atomic mass is 79.9. The Labute approximate surface area is 122 Å². The van der Waals surface area contributed by atoms with E-state index in [1.807, 2.05) is 0 Å². The van der Waals surface area contributed by atoms with Gasteiger partial charge < -0.3 is 9.64 Å². The van der Waals surface area contributed by atoms with Gasteiger partial charge in [-0.2, -0.15) is 5.26 Å². The second-order valence-corrected chi connectivity index (χ2v) is 6.24. The Morgan fingerprint density at radius 3 is 2.79 bits per heavy atom. The minimum atomic E-state index is -0.0791. The van der Waals surface area contributed by atoms with Crippen molar-refractivity contribution in [1.29, 1.82) is 5.26 Å². The van der Waals surface area contributed by atoms with Gasteiger partial charge in [-0.1, -0.05) is 6.92 Å². The van der Waals surface area contributed by atoms with Crippen molar-refractivity contribution in [3.63, 3.8) is 0 Å². The molecule has 1 aromatic heterocycles. The van der Waals surface area contributed by atoms with Crippen molar-refractivity contribution in [1.82, 2.24) is 4.98 Å². The Balaban J connectivity index is 2.04. The molecule has 1 aromatic rings. The molecular weight excluding hydrogens is 306 g/mol. The van der Waals surface area contributed by atoms with E-state index >= 15 is 0 Å². The lowest BCUT2D eigenvalue weighted by Crippen LogP contribution is -2.55. The summed E-state index contributed by atoms with van der Waals surface area (Å²) in [5.74, 6) is 0. The summed E-state index contributed by atoms with van der Waals surface area (Å²) in [6.45, 7) is 7.99. The molecule has 2 rings (SSSR count). The molecule has 1 aliphatic rings. The van der Waals surface area contributed by atoms with E-state index < -0.39 is 0 Å². The molecule has 0 bridgehead atoms. The largest absolute Gasteiger partial charge is 0.369 e. The summed E-state index contributed by atoms with van der Waals surface area (Å²) in [7, 11) is 0. The van der Waals surface area contributed by atoms with Crippen molar-refractivity contribution in [3.05, 3.63) is 22.4 Å². The topological polar surface area (TPSA) is 49.1 Å². The number of hydrogen-bond acceptors (Lipinski definition) is 4. The van der Waals surface area contributed by atoms with Crippen molar-refractivity contribution in [3.8, 4) is 6.07 Å². The third-order valence-electron chi connectivity index (χ3n) is 3.49. The lowest BCUT2D eigenvalue weighted by molar-refractivity contribution is -0.0830. The van der Waals surface area contributed by atoms with Crippen LogP contribution >= 0.6 is 15.9 Å². The number of nitrogens with zero attached hydrogens (tertiary/aromatic N) is 3. The zero-order chi connectivity index (χ0) is 14.0. The van der Waals surface area contributed by atoms with Gasteiger partial charge in [-0.3, -0.25) is 4.98 Å². The Morgan fingerprint density at radius 1 is 1.53 bits per heavy atom. The molecule has 2 heterocycles. The van der Waals surface area contributed by atoms with Crippen LogP contribution in [0.1, 0.15) is 32.8 Å². The quantitative estimate of drug-likeness (QED) is 0.854. The summed E-state index contributed by atoms with van der Waals surface area (Å²) >= 11 is 3.46. The highest BCUT2D eigenvalue weighted by Crippen LogP contribution is 2.34. The van der Waals surface area contributed by atoms with Crippen LogP contribution in [0.2, 0.25) is 0 Å². The maximum atomic E-state index is 9.13. The smallest absolute Gasteiger partial charge is 0.103 e. The van der Waals surface area contributed by atoms with Gasteiger partial charge in [-0.15, -0.1) is 0 Å². The molecule has 0 amide bonds. The van der Waals surface area contributed by atoms with Gasteiger partial charge in [0.1, 0.15) is 6.07 Å². The van der Waals surface area contributed by atoms with Gasteiger partial charge in [0, 0.05) is 25.5 Å². The van der Waals surface area contributed by atoms with Crippen molar-refractivity contribution < 1.29 is 4.74 Å². The Morgan fingerprint density at radius 2 is 2.21 bits per heavy atom. The number of nitriles is 1. The number of ether oxygens (including phenoxy) is 1. The van der Waals surface area contributed by atoms with Gasteiger partial charge in [0.2, 0.25) is 0 Å². The van der Waals surface area contributed by atoms with E-state index in [1.54, 1.807) is 12.4 Å². The second kappa shape index (κ2) is 5.48. The lowest BCUT2D eigenvalue weighted by atomic mass is 10.0. The van der Waals surface area contributed by atoms with E-state index in [1.165, 1.54) is 0 Å². The van der Waals surface area contributed by atoms with Crippen LogP contribution in [0, 0.1) is 11.3 Å². The zero-order valence-corrected chi connectivity index (χ0v) is 13.1. The molecule has 102 valence electrons. The van der Waals surface area contributed by atoms with E-state index in [0.29, 0.717) is 5.56 Å². The molecule has 0 radical (unpaired) electrons. The highest BCUT2D eigenvalue weighted by Gasteiger charge is 2.34. The summed E-state index contributed by atoms with van der Waals surface area (Å²) in [4.78, 5) is 6.17. The van der Waals surface area contributed by atoms with Crippen LogP contribution in [0.25, 0.3) is 0 Å². The molecule has 4 nitrogen and oxygen atoms in total. The van der Waals surface area contributed by atoms with Crippen LogP contribution in [-0.2, 0) is 4.74 Å². The molecule has 0 aromatic carbocycles. The fraction of sp³-hybridized carbons (Fsp3) is 0.571. The highest BCUT2D eigenvalue weighted by molar-refractivity contribution is 9.10. The monoisotopic (exact) mass is 323 g/mol. The van der Waals surface area contributed by atoms with E-state index in [-0.39, 0.29) is 11.7 Å². The zero-order valence-electron chi connectivity index (χ0n) is 11.5. The van der Waals surface area contributed by atoms with Crippen LogP contribution in [0.15, 0.2) is 16.9 Å². The van der Waals surface area contributed by atoms with Crippen LogP contribution < -0.4 is 4.90 Å². The van der Waals surface area contributed by atoms with Gasteiger partial charge in [-0.05, 0) is 36.2 Å². The maximum Gasteiger partial charge on any atom is 0.103 e. The molecule has 0 unspecified atom stereocenters. The second-order valence-electron chi connectivity index (χ2n) is 5.39. The Hall–Kier alpha value is -1.12. The summed E-state index contributed by atoms with van der Waals surface area (Å²) < 4.78 is 6.89. The van der Waals surface area contributed by atoms with E-state index in [0.717, 1.165) is 29.7 Å². The van der Waals surface area contributed by atoms with Crippen LogP contribution in [0.3, 0.4) is 0 Å². The van der Waals surface area contributed by atoms with E-state index in [4.69, 9.17) is 10.00 Å². The first-order valence-electron chi connectivity index (χ1n) is 6.43. The SMILES string of the molecule is CCC(C)(C)OC1CN(c2c(Br)cncc2C#N)C1. The van der Waals surface area contributed by atoms with Crippen LogP contribution in [-0.4, -0.2) is 29.8 Å². The van der Waals surface area contributed by atoms with Crippen molar-refractivity contribution in [2.75, 3.05) is 18.0 Å². The number of rotatable bonds is 4. The molecule has 1 fully saturated rings. The third-order valence-corrected chi connectivity index (χ3v) is 4.08. The lowest BCUT2D eigenvalue weighted by Gasteiger charge is -2.44. The predicted octanol–water partition coefficient (Wildman–Crippen LogP) is 3.11. The molecule has 5 heteroatoms.